The van der Waals surface area contributed by atoms with Crippen LogP contribution in [-0.2, 0) is 0 Å². The minimum absolute atomic E-state index is 0.741. The van der Waals surface area contributed by atoms with Gasteiger partial charge >= 0.3 is 0 Å². The van der Waals surface area contributed by atoms with Crippen molar-refractivity contribution >= 4 is 17.2 Å². The fourth-order valence-electron chi connectivity index (χ4n) is 2.71. The van der Waals surface area contributed by atoms with Crippen molar-refractivity contribution in [3.8, 4) is 0 Å². The Bertz CT molecular complexity index is 928. The van der Waals surface area contributed by atoms with Crippen LogP contribution in [0.2, 0.25) is 0 Å². The number of hydrazone groups is 1. The van der Waals surface area contributed by atoms with Gasteiger partial charge in [-0.15, -0.1) is 0 Å². The minimum atomic E-state index is 0.741. The average Bonchev–Trinajstić information content (AvgIpc) is 2.82. The van der Waals surface area contributed by atoms with Gasteiger partial charge in [0.15, 0.2) is 5.84 Å². The van der Waals surface area contributed by atoms with Crippen molar-refractivity contribution in [1.82, 2.24) is 10.4 Å². The molecule has 0 saturated heterocycles. The van der Waals surface area contributed by atoms with Crippen LogP contribution in [0.1, 0.15) is 22.3 Å². The first-order valence-corrected chi connectivity index (χ1v) is 7.80. The summed E-state index contributed by atoms with van der Waals surface area (Å²) in [6.07, 6.45) is 3.55. The number of aliphatic imine (C=N–C) groups is 1. The average molecular weight is 312 g/mol. The molecule has 1 aromatic heterocycles. The molecule has 0 bridgehead atoms. The molecule has 24 heavy (non-hydrogen) atoms. The van der Waals surface area contributed by atoms with Gasteiger partial charge in [0.05, 0.1) is 5.69 Å². The lowest BCUT2D eigenvalue weighted by atomic mass is 10.00. The number of hydrogen-bond acceptors (Lipinski definition) is 4. The van der Waals surface area contributed by atoms with Crippen LogP contribution in [0.25, 0.3) is 0 Å². The van der Waals surface area contributed by atoms with Crippen molar-refractivity contribution in [3.63, 3.8) is 0 Å². The fourth-order valence-corrected chi connectivity index (χ4v) is 2.71. The van der Waals surface area contributed by atoms with Crippen LogP contribution >= 0.6 is 0 Å². The summed E-state index contributed by atoms with van der Waals surface area (Å²) >= 11 is 0. The Morgan fingerprint density at radius 2 is 1.62 bits per heavy atom. The van der Waals surface area contributed by atoms with E-state index in [0.29, 0.717) is 0 Å². The van der Waals surface area contributed by atoms with Gasteiger partial charge in [-0.3, -0.25) is 10.4 Å². The van der Waals surface area contributed by atoms with E-state index in [9.17, 15) is 0 Å². The van der Waals surface area contributed by atoms with Gasteiger partial charge in [-0.25, -0.2) is 4.99 Å². The largest absolute Gasteiger partial charge is 0.265 e. The number of rotatable bonds is 2. The highest BCUT2D eigenvalue weighted by atomic mass is 15.3. The Morgan fingerprint density at radius 1 is 0.833 bits per heavy atom. The second-order valence-electron chi connectivity index (χ2n) is 5.66. The molecule has 0 fully saturated rings. The maximum atomic E-state index is 4.80. The van der Waals surface area contributed by atoms with Gasteiger partial charge in [0, 0.05) is 29.1 Å². The first-order valence-electron chi connectivity index (χ1n) is 7.80. The molecule has 0 spiro atoms. The number of pyridine rings is 1. The highest BCUT2D eigenvalue weighted by molar-refractivity contribution is 6.18. The summed E-state index contributed by atoms with van der Waals surface area (Å²) < 4.78 is 0. The molecule has 0 atom stereocenters. The van der Waals surface area contributed by atoms with E-state index in [1.807, 2.05) is 48.5 Å². The highest BCUT2D eigenvalue weighted by Gasteiger charge is 2.17. The Kier molecular flexibility index (Phi) is 3.63. The molecule has 1 aliphatic heterocycles. The van der Waals surface area contributed by atoms with E-state index >= 15 is 0 Å². The first-order chi connectivity index (χ1) is 11.8. The maximum absolute atomic E-state index is 4.80. The van der Waals surface area contributed by atoms with Gasteiger partial charge in [-0.2, -0.15) is 5.10 Å². The lowest BCUT2D eigenvalue weighted by molar-refractivity contribution is 1.03. The molecule has 1 aliphatic rings. The number of nitrogens with zero attached hydrogens (tertiary/aromatic N) is 3. The van der Waals surface area contributed by atoms with Crippen LogP contribution in [-0.4, -0.2) is 16.5 Å². The molecule has 0 radical (unpaired) electrons. The van der Waals surface area contributed by atoms with Crippen LogP contribution in [0.5, 0.6) is 0 Å². The SMILES string of the molecule is Cc1ccc2c(c1)C(c1ccncc1)=NNC(c1ccccc1)=N2. The van der Waals surface area contributed by atoms with Crippen LogP contribution in [0, 0.1) is 6.92 Å². The van der Waals surface area contributed by atoms with Gasteiger partial charge in [-0.1, -0.05) is 42.0 Å². The first kappa shape index (κ1) is 14.3. The van der Waals surface area contributed by atoms with Crippen molar-refractivity contribution in [1.29, 1.82) is 0 Å². The summed E-state index contributed by atoms with van der Waals surface area (Å²) in [4.78, 5) is 8.90. The van der Waals surface area contributed by atoms with Crippen LogP contribution in [0.4, 0.5) is 5.69 Å². The van der Waals surface area contributed by atoms with Gasteiger partial charge in [-0.05, 0) is 31.2 Å². The van der Waals surface area contributed by atoms with Crippen molar-refractivity contribution in [3.05, 3.63) is 95.3 Å². The number of nitrogens with one attached hydrogen (secondary N) is 1. The molecule has 0 unspecified atom stereocenters. The predicted octanol–water partition coefficient (Wildman–Crippen LogP) is 3.82. The van der Waals surface area contributed by atoms with E-state index in [2.05, 4.69) is 34.6 Å². The maximum Gasteiger partial charge on any atom is 0.154 e. The van der Waals surface area contributed by atoms with Crippen molar-refractivity contribution in [2.24, 2.45) is 10.1 Å². The minimum Gasteiger partial charge on any atom is -0.265 e. The third-order valence-electron chi connectivity index (χ3n) is 3.91. The Hall–Kier alpha value is -3.27. The van der Waals surface area contributed by atoms with E-state index in [1.54, 1.807) is 12.4 Å². The summed E-state index contributed by atoms with van der Waals surface area (Å²) in [5.41, 5.74) is 9.10. The molecule has 0 aliphatic carbocycles. The lowest BCUT2D eigenvalue weighted by Crippen LogP contribution is -2.19. The summed E-state index contributed by atoms with van der Waals surface area (Å²) in [6.45, 7) is 2.07. The van der Waals surface area contributed by atoms with Crippen LogP contribution in [0.15, 0.2) is 83.2 Å². The molecule has 0 amide bonds. The van der Waals surface area contributed by atoms with Crippen LogP contribution in [0.3, 0.4) is 0 Å². The molecule has 2 heterocycles. The second-order valence-corrected chi connectivity index (χ2v) is 5.66. The second kappa shape index (κ2) is 6.08. The van der Waals surface area contributed by atoms with Gasteiger partial charge in [0.1, 0.15) is 5.71 Å². The van der Waals surface area contributed by atoms with E-state index in [4.69, 9.17) is 4.99 Å². The Balaban J connectivity index is 1.89. The molecule has 0 saturated carbocycles. The lowest BCUT2D eigenvalue weighted by Gasteiger charge is -2.08. The van der Waals surface area contributed by atoms with Crippen LogP contribution < -0.4 is 5.43 Å². The molecular formula is C20H16N4. The molecule has 4 heteroatoms. The Morgan fingerprint density at radius 3 is 2.42 bits per heavy atom. The van der Waals surface area contributed by atoms with E-state index < -0.39 is 0 Å². The Labute approximate surface area is 140 Å². The fraction of sp³-hybridized carbons (Fsp3) is 0.0500. The number of aryl methyl sites for hydroxylation is 1. The molecule has 3 aromatic rings. The smallest absolute Gasteiger partial charge is 0.154 e. The molecule has 4 nitrogen and oxygen atoms in total. The molecule has 4 rings (SSSR count). The number of aromatic nitrogens is 1. The highest BCUT2D eigenvalue weighted by Crippen LogP contribution is 2.26. The van der Waals surface area contributed by atoms with Crippen molar-refractivity contribution in [2.75, 3.05) is 0 Å². The third-order valence-corrected chi connectivity index (χ3v) is 3.91. The molecular weight excluding hydrogens is 296 g/mol. The number of amidine groups is 1. The number of hydrogen-bond donors (Lipinski definition) is 1. The van der Waals surface area contributed by atoms with Crippen molar-refractivity contribution in [2.45, 2.75) is 6.92 Å². The molecule has 1 N–H and O–H groups in total. The van der Waals surface area contributed by atoms with Gasteiger partial charge in [0.25, 0.3) is 0 Å². The number of fused-ring (bicyclic) bond motifs is 1. The van der Waals surface area contributed by atoms with E-state index in [1.165, 1.54) is 5.56 Å². The van der Waals surface area contributed by atoms with E-state index in [0.717, 1.165) is 33.9 Å². The zero-order valence-electron chi connectivity index (χ0n) is 13.3. The zero-order chi connectivity index (χ0) is 16.4. The summed E-state index contributed by atoms with van der Waals surface area (Å²) in [5, 5.41) is 4.64. The molecule has 2 aromatic carbocycles. The normalized spacial score (nSPS) is 13.2. The molecule has 116 valence electrons. The van der Waals surface area contributed by atoms with Gasteiger partial charge in [0.2, 0.25) is 0 Å². The van der Waals surface area contributed by atoms with Crippen molar-refractivity contribution < 1.29 is 0 Å². The van der Waals surface area contributed by atoms with Gasteiger partial charge < -0.3 is 0 Å². The summed E-state index contributed by atoms with van der Waals surface area (Å²) in [6, 6.07) is 20.2. The zero-order valence-corrected chi connectivity index (χ0v) is 13.3. The summed E-state index contributed by atoms with van der Waals surface area (Å²) in [5.74, 6) is 0.741. The standard InChI is InChI=1S/C20H16N4/c1-14-7-8-18-17(13-14)19(15-9-11-21-12-10-15)23-24-20(22-18)16-5-3-2-4-6-16/h2-13H,1H3,(H,22,24). The number of benzene rings is 2. The third kappa shape index (κ3) is 2.70. The quantitative estimate of drug-likeness (QED) is 0.782. The monoisotopic (exact) mass is 312 g/mol. The predicted molar refractivity (Wildman–Crippen MR) is 96.8 cm³/mol. The van der Waals surface area contributed by atoms with E-state index in [-0.39, 0.29) is 0 Å². The topological polar surface area (TPSA) is 49.6 Å². The summed E-state index contributed by atoms with van der Waals surface area (Å²) in [7, 11) is 0.